The van der Waals surface area contributed by atoms with Crippen molar-refractivity contribution in [2.75, 3.05) is 20.7 Å². The second-order valence-electron chi connectivity index (χ2n) is 4.40. The van der Waals surface area contributed by atoms with E-state index in [1.54, 1.807) is 7.05 Å². The number of ether oxygens (including phenoxy) is 1. The highest BCUT2D eigenvalue weighted by molar-refractivity contribution is 7.14. The molecular weight excluding hydrogens is 262 g/mol. The number of nitrogens with zero attached hydrogens (tertiary/aromatic N) is 1. The first-order valence-electron chi connectivity index (χ1n) is 6.47. The molecule has 0 aliphatic rings. The molecule has 1 rings (SSSR count). The number of rotatable bonds is 6. The molecule has 0 saturated heterocycles. The molecule has 0 aromatic carbocycles. The molecule has 1 heterocycles. The van der Waals surface area contributed by atoms with Gasteiger partial charge in [-0.25, -0.2) is 0 Å². The van der Waals surface area contributed by atoms with Gasteiger partial charge < -0.3 is 9.64 Å². The third-order valence-electron chi connectivity index (χ3n) is 2.91. The van der Waals surface area contributed by atoms with Crippen LogP contribution in [0.1, 0.15) is 40.4 Å². The third kappa shape index (κ3) is 4.06. The molecule has 0 aliphatic carbocycles. The summed E-state index contributed by atoms with van der Waals surface area (Å²) in [7, 11) is 2.93. The van der Waals surface area contributed by atoms with Crippen molar-refractivity contribution in [3.05, 3.63) is 21.4 Å². The van der Waals surface area contributed by atoms with Crippen molar-refractivity contribution in [3.63, 3.8) is 0 Å². The summed E-state index contributed by atoms with van der Waals surface area (Å²) in [6, 6.07) is 1.95. The van der Waals surface area contributed by atoms with E-state index in [0.29, 0.717) is 4.88 Å². The van der Waals surface area contributed by atoms with Crippen LogP contribution < -0.4 is 0 Å². The fourth-order valence-corrected chi connectivity index (χ4v) is 3.18. The van der Waals surface area contributed by atoms with Crippen molar-refractivity contribution in [2.24, 2.45) is 0 Å². The molecule has 0 spiro atoms. The van der Waals surface area contributed by atoms with E-state index in [0.717, 1.165) is 19.3 Å². The summed E-state index contributed by atoms with van der Waals surface area (Å²) < 4.78 is 4.57. The van der Waals surface area contributed by atoms with Gasteiger partial charge in [0.2, 0.25) is 0 Å². The maximum Gasteiger partial charge on any atom is 0.325 e. The minimum atomic E-state index is -0.406. The van der Waals surface area contributed by atoms with E-state index in [9.17, 15) is 9.59 Å². The Bertz CT molecular complexity index is 454. The molecule has 1 amide bonds. The van der Waals surface area contributed by atoms with E-state index in [1.165, 1.54) is 33.8 Å². The number of esters is 1. The highest BCUT2D eigenvalue weighted by atomic mass is 32.1. The van der Waals surface area contributed by atoms with Crippen LogP contribution in [-0.4, -0.2) is 37.5 Å². The zero-order chi connectivity index (χ0) is 14.4. The number of carbonyl (C=O) groups excluding carboxylic acids is 2. The Balaban J connectivity index is 2.84. The number of carbonyl (C=O) groups is 2. The number of likely N-dealkylation sites (N-methyl/N-ethyl adjacent to an activating group) is 1. The van der Waals surface area contributed by atoms with Gasteiger partial charge in [0, 0.05) is 11.9 Å². The van der Waals surface area contributed by atoms with Gasteiger partial charge in [0.05, 0.1) is 12.0 Å². The van der Waals surface area contributed by atoms with Crippen LogP contribution >= 0.6 is 11.3 Å². The molecule has 1 aromatic heterocycles. The van der Waals surface area contributed by atoms with Crippen LogP contribution in [0.15, 0.2) is 6.07 Å². The molecule has 0 fully saturated rings. The van der Waals surface area contributed by atoms with Crippen LogP contribution in [0.4, 0.5) is 0 Å². The predicted molar refractivity (Wildman–Crippen MR) is 76.7 cm³/mol. The molecule has 1 aromatic rings. The monoisotopic (exact) mass is 283 g/mol. The Hall–Kier alpha value is -1.36. The second kappa shape index (κ2) is 7.28. The molecule has 0 aliphatic heterocycles. The van der Waals surface area contributed by atoms with E-state index < -0.39 is 5.97 Å². The first-order chi connectivity index (χ1) is 9.03. The third-order valence-corrected chi connectivity index (χ3v) is 4.13. The summed E-state index contributed by atoms with van der Waals surface area (Å²) in [6.07, 6.45) is 3.00. The fraction of sp³-hybridized carbons (Fsp3) is 0.571. The zero-order valence-electron chi connectivity index (χ0n) is 12.0. The molecular formula is C14H21NO3S. The standard InChI is InChI=1S/C14H21NO3S/c1-5-7-11-10(6-2)8-12(19-11)14(17)15(3)9-13(16)18-4/h8H,5-7,9H2,1-4H3. The number of hydrogen-bond acceptors (Lipinski definition) is 4. The predicted octanol–water partition coefficient (Wildman–Crippen LogP) is 2.51. The molecule has 0 atom stereocenters. The van der Waals surface area contributed by atoms with Gasteiger partial charge in [-0.15, -0.1) is 11.3 Å². The van der Waals surface area contributed by atoms with E-state index in [2.05, 4.69) is 18.6 Å². The summed E-state index contributed by atoms with van der Waals surface area (Å²) in [5, 5.41) is 0. The maximum absolute atomic E-state index is 12.2. The minimum absolute atomic E-state index is 0.0161. The maximum atomic E-state index is 12.2. The van der Waals surface area contributed by atoms with Crippen molar-refractivity contribution >= 4 is 23.2 Å². The number of thiophene rings is 1. The van der Waals surface area contributed by atoms with Gasteiger partial charge in [-0.05, 0) is 24.5 Å². The summed E-state index contributed by atoms with van der Waals surface area (Å²) in [6.45, 7) is 4.20. The smallest absolute Gasteiger partial charge is 0.325 e. The lowest BCUT2D eigenvalue weighted by atomic mass is 10.1. The first kappa shape index (κ1) is 15.7. The Labute approximate surface area is 118 Å². The van der Waals surface area contributed by atoms with Crippen LogP contribution in [0.25, 0.3) is 0 Å². The lowest BCUT2D eigenvalue weighted by molar-refractivity contribution is -0.141. The van der Waals surface area contributed by atoms with Gasteiger partial charge >= 0.3 is 5.97 Å². The van der Waals surface area contributed by atoms with Crippen LogP contribution in [0, 0.1) is 0 Å². The number of aryl methyl sites for hydroxylation is 2. The highest BCUT2D eigenvalue weighted by Gasteiger charge is 2.19. The summed E-state index contributed by atoms with van der Waals surface area (Å²) in [5.74, 6) is -0.524. The lowest BCUT2D eigenvalue weighted by Crippen LogP contribution is -2.32. The van der Waals surface area contributed by atoms with E-state index in [-0.39, 0.29) is 12.5 Å². The van der Waals surface area contributed by atoms with Gasteiger partial charge in [0.15, 0.2) is 0 Å². The van der Waals surface area contributed by atoms with Gasteiger partial charge in [-0.2, -0.15) is 0 Å². The average molecular weight is 283 g/mol. The van der Waals surface area contributed by atoms with Crippen LogP contribution in [0.5, 0.6) is 0 Å². The van der Waals surface area contributed by atoms with Crippen molar-refractivity contribution in [3.8, 4) is 0 Å². The van der Waals surface area contributed by atoms with Gasteiger partial charge in [0.1, 0.15) is 6.54 Å². The van der Waals surface area contributed by atoms with Gasteiger partial charge in [-0.1, -0.05) is 20.3 Å². The van der Waals surface area contributed by atoms with E-state index in [1.807, 2.05) is 6.07 Å². The van der Waals surface area contributed by atoms with Crippen molar-refractivity contribution in [2.45, 2.75) is 33.1 Å². The average Bonchev–Trinajstić information content (AvgIpc) is 2.81. The van der Waals surface area contributed by atoms with Crippen molar-refractivity contribution in [1.82, 2.24) is 4.90 Å². The largest absolute Gasteiger partial charge is 0.468 e. The van der Waals surface area contributed by atoms with Crippen molar-refractivity contribution in [1.29, 1.82) is 0 Å². The Morgan fingerprint density at radius 3 is 2.58 bits per heavy atom. The SMILES string of the molecule is CCCc1sc(C(=O)N(C)CC(=O)OC)cc1CC. The molecule has 0 unspecified atom stereocenters. The summed E-state index contributed by atoms with van der Waals surface area (Å²) in [4.78, 5) is 26.8. The van der Waals surface area contributed by atoms with Gasteiger partial charge in [-0.3, -0.25) is 9.59 Å². The summed E-state index contributed by atoms with van der Waals surface area (Å²) in [5.41, 5.74) is 1.24. The molecule has 0 saturated carbocycles. The number of amides is 1. The molecule has 19 heavy (non-hydrogen) atoms. The molecule has 106 valence electrons. The quantitative estimate of drug-likeness (QED) is 0.754. The van der Waals surface area contributed by atoms with E-state index >= 15 is 0 Å². The van der Waals surface area contributed by atoms with E-state index in [4.69, 9.17) is 0 Å². The first-order valence-corrected chi connectivity index (χ1v) is 7.28. The Morgan fingerprint density at radius 2 is 2.05 bits per heavy atom. The highest BCUT2D eigenvalue weighted by Crippen LogP contribution is 2.25. The van der Waals surface area contributed by atoms with Crippen LogP contribution in [-0.2, 0) is 22.4 Å². The molecule has 4 nitrogen and oxygen atoms in total. The minimum Gasteiger partial charge on any atom is -0.468 e. The number of methoxy groups -OCH3 is 1. The normalized spacial score (nSPS) is 10.3. The molecule has 0 N–H and O–H groups in total. The van der Waals surface area contributed by atoms with Crippen molar-refractivity contribution < 1.29 is 14.3 Å². The Morgan fingerprint density at radius 1 is 1.37 bits per heavy atom. The molecule has 0 bridgehead atoms. The number of hydrogen-bond donors (Lipinski definition) is 0. The zero-order valence-corrected chi connectivity index (χ0v) is 12.8. The Kier molecular flexibility index (Phi) is 6.02. The van der Waals surface area contributed by atoms with Crippen LogP contribution in [0.2, 0.25) is 0 Å². The summed E-state index contributed by atoms with van der Waals surface area (Å²) >= 11 is 1.54. The lowest BCUT2D eigenvalue weighted by Gasteiger charge is -2.14. The van der Waals surface area contributed by atoms with Crippen LogP contribution in [0.3, 0.4) is 0 Å². The molecule has 0 radical (unpaired) electrons. The van der Waals surface area contributed by atoms with Gasteiger partial charge in [0.25, 0.3) is 5.91 Å². The second-order valence-corrected chi connectivity index (χ2v) is 5.54. The topological polar surface area (TPSA) is 46.6 Å². The fourth-order valence-electron chi connectivity index (χ4n) is 1.83. The molecule has 5 heteroatoms.